The number of aliphatic carboxylic acids is 1. The topological polar surface area (TPSA) is 49.3 Å². The first-order chi connectivity index (χ1) is 7.06. The highest BCUT2D eigenvalue weighted by atomic mass is 16.4. The summed E-state index contributed by atoms with van der Waals surface area (Å²) < 4.78 is 0. The predicted molar refractivity (Wildman–Crippen MR) is 61.3 cm³/mol. The molecule has 0 aliphatic carbocycles. The summed E-state index contributed by atoms with van der Waals surface area (Å²) in [6, 6.07) is 5.43. The second kappa shape index (κ2) is 4.82. The Balaban J connectivity index is 2.97. The maximum Gasteiger partial charge on any atom is 0.325 e. The van der Waals surface area contributed by atoms with Crippen molar-refractivity contribution in [1.82, 2.24) is 0 Å². The molecule has 0 radical (unpaired) electrons. The molecule has 3 heteroatoms. The van der Waals surface area contributed by atoms with Crippen LogP contribution in [-0.2, 0) is 11.2 Å². The van der Waals surface area contributed by atoms with Crippen LogP contribution in [0.3, 0.4) is 0 Å². The molecule has 15 heavy (non-hydrogen) atoms. The third-order valence-electron chi connectivity index (χ3n) is 2.47. The molecular formula is C12H17NO2. The summed E-state index contributed by atoms with van der Waals surface area (Å²) >= 11 is 0. The van der Waals surface area contributed by atoms with Gasteiger partial charge in [-0.1, -0.05) is 25.1 Å². The minimum absolute atomic E-state index is 0.559. The first kappa shape index (κ1) is 11.6. The molecule has 0 saturated heterocycles. The fourth-order valence-corrected chi connectivity index (χ4v) is 1.51. The predicted octanol–water partition coefficient (Wildman–Crippen LogP) is 2.44. The lowest BCUT2D eigenvalue weighted by Crippen LogP contribution is -2.26. The first-order valence-corrected chi connectivity index (χ1v) is 5.14. The van der Waals surface area contributed by atoms with Crippen LogP contribution < -0.4 is 5.32 Å². The van der Waals surface area contributed by atoms with Crippen molar-refractivity contribution in [3.63, 3.8) is 0 Å². The molecule has 82 valence electrons. The molecule has 3 nitrogen and oxygen atoms in total. The number of benzene rings is 1. The lowest BCUT2D eigenvalue weighted by atomic mass is 10.1. The van der Waals surface area contributed by atoms with Crippen LogP contribution >= 0.6 is 0 Å². The second-order valence-corrected chi connectivity index (χ2v) is 3.67. The highest BCUT2D eigenvalue weighted by Crippen LogP contribution is 2.21. The van der Waals surface area contributed by atoms with Gasteiger partial charge in [-0.05, 0) is 31.4 Å². The number of carbonyl (C=O) groups is 1. The van der Waals surface area contributed by atoms with Gasteiger partial charge in [0.05, 0.1) is 0 Å². The lowest BCUT2D eigenvalue weighted by Gasteiger charge is -2.16. The maximum absolute atomic E-state index is 10.8. The molecule has 1 aromatic rings. The van der Waals surface area contributed by atoms with E-state index in [1.54, 1.807) is 6.92 Å². The van der Waals surface area contributed by atoms with Gasteiger partial charge in [-0.15, -0.1) is 0 Å². The molecule has 0 unspecified atom stereocenters. The first-order valence-electron chi connectivity index (χ1n) is 5.14. The molecule has 0 bridgehead atoms. The Kier molecular flexibility index (Phi) is 3.72. The van der Waals surface area contributed by atoms with E-state index in [0.717, 1.165) is 23.2 Å². The molecule has 0 aliphatic heterocycles. The van der Waals surface area contributed by atoms with Crippen LogP contribution in [0.4, 0.5) is 5.69 Å². The van der Waals surface area contributed by atoms with Gasteiger partial charge >= 0.3 is 5.97 Å². The molecule has 2 N–H and O–H groups in total. The SMILES string of the molecule is CCc1cccc(C)c1N[C@H](C)C(=O)O. The highest BCUT2D eigenvalue weighted by Gasteiger charge is 2.13. The van der Waals surface area contributed by atoms with E-state index in [9.17, 15) is 4.79 Å². The Morgan fingerprint density at radius 3 is 2.73 bits per heavy atom. The van der Waals surface area contributed by atoms with Crippen LogP contribution in [0.1, 0.15) is 25.0 Å². The average Bonchev–Trinajstić information content (AvgIpc) is 2.20. The molecule has 1 atom stereocenters. The number of carboxylic acids is 1. The third kappa shape index (κ3) is 2.72. The molecule has 0 heterocycles. The van der Waals surface area contributed by atoms with Gasteiger partial charge in [0.2, 0.25) is 0 Å². The van der Waals surface area contributed by atoms with Crippen LogP contribution in [0.5, 0.6) is 0 Å². The van der Waals surface area contributed by atoms with Crippen molar-refractivity contribution in [2.45, 2.75) is 33.2 Å². The Labute approximate surface area is 90.1 Å². The van der Waals surface area contributed by atoms with Crippen LogP contribution in [0.25, 0.3) is 0 Å². The van der Waals surface area contributed by atoms with Crippen LogP contribution in [0.15, 0.2) is 18.2 Å². The monoisotopic (exact) mass is 207 g/mol. The molecule has 0 aliphatic rings. The molecule has 1 rings (SSSR count). The van der Waals surface area contributed by atoms with Gasteiger partial charge in [-0.3, -0.25) is 4.79 Å². The Morgan fingerprint density at radius 1 is 1.53 bits per heavy atom. The summed E-state index contributed by atoms with van der Waals surface area (Å²) in [6.07, 6.45) is 0.899. The second-order valence-electron chi connectivity index (χ2n) is 3.67. The quantitative estimate of drug-likeness (QED) is 0.797. The zero-order valence-electron chi connectivity index (χ0n) is 9.37. The van der Waals surface area contributed by atoms with Crippen molar-refractivity contribution < 1.29 is 9.90 Å². The third-order valence-corrected chi connectivity index (χ3v) is 2.47. The average molecular weight is 207 g/mol. The van der Waals surface area contributed by atoms with E-state index in [0.29, 0.717) is 0 Å². The van der Waals surface area contributed by atoms with Crippen molar-refractivity contribution in [3.05, 3.63) is 29.3 Å². The number of anilines is 1. The summed E-state index contributed by atoms with van der Waals surface area (Å²) in [5.74, 6) is -0.833. The van der Waals surface area contributed by atoms with E-state index in [1.807, 2.05) is 25.1 Å². The van der Waals surface area contributed by atoms with E-state index in [2.05, 4.69) is 12.2 Å². The number of aryl methyl sites for hydroxylation is 2. The number of hydrogen-bond donors (Lipinski definition) is 2. The summed E-state index contributed by atoms with van der Waals surface area (Å²) in [6.45, 7) is 5.69. The summed E-state index contributed by atoms with van der Waals surface area (Å²) in [7, 11) is 0. The van der Waals surface area contributed by atoms with Crippen molar-refractivity contribution in [2.24, 2.45) is 0 Å². The van der Waals surface area contributed by atoms with Crippen LogP contribution in [-0.4, -0.2) is 17.1 Å². The van der Waals surface area contributed by atoms with E-state index in [-0.39, 0.29) is 0 Å². The molecular weight excluding hydrogens is 190 g/mol. The molecule has 0 amide bonds. The zero-order valence-corrected chi connectivity index (χ0v) is 9.37. The standard InChI is InChI=1S/C12H17NO2/c1-4-10-7-5-6-8(2)11(10)13-9(3)12(14)15/h5-7,9,13H,4H2,1-3H3,(H,14,15)/t9-/m1/s1. The minimum atomic E-state index is -0.833. The fourth-order valence-electron chi connectivity index (χ4n) is 1.51. The molecule has 0 saturated carbocycles. The van der Waals surface area contributed by atoms with E-state index in [4.69, 9.17) is 5.11 Å². The smallest absolute Gasteiger partial charge is 0.325 e. The van der Waals surface area contributed by atoms with E-state index in [1.165, 1.54) is 0 Å². The van der Waals surface area contributed by atoms with E-state index < -0.39 is 12.0 Å². The van der Waals surface area contributed by atoms with Crippen molar-refractivity contribution in [3.8, 4) is 0 Å². The van der Waals surface area contributed by atoms with Crippen molar-refractivity contribution in [1.29, 1.82) is 0 Å². The maximum atomic E-state index is 10.8. The number of nitrogens with one attached hydrogen (secondary N) is 1. The summed E-state index contributed by atoms with van der Waals surface area (Å²) in [5.41, 5.74) is 3.19. The Bertz CT molecular complexity index is 361. The minimum Gasteiger partial charge on any atom is -0.480 e. The van der Waals surface area contributed by atoms with Gasteiger partial charge in [0.25, 0.3) is 0 Å². The molecule has 0 spiro atoms. The molecule has 0 aromatic heterocycles. The van der Waals surface area contributed by atoms with Crippen molar-refractivity contribution in [2.75, 3.05) is 5.32 Å². The fraction of sp³-hybridized carbons (Fsp3) is 0.417. The number of hydrogen-bond acceptors (Lipinski definition) is 2. The van der Waals surface area contributed by atoms with Gasteiger partial charge in [-0.25, -0.2) is 0 Å². The van der Waals surface area contributed by atoms with Crippen molar-refractivity contribution >= 4 is 11.7 Å². The van der Waals surface area contributed by atoms with Gasteiger partial charge in [0, 0.05) is 5.69 Å². The zero-order chi connectivity index (χ0) is 11.4. The normalized spacial score (nSPS) is 12.2. The van der Waals surface area contributed by atoms with Gasteiger partial charge in [-0.2, -0.15) is 0 Å². The Hall–Kier alpha value is -1.51. The number of carboxylic acid groups (broad SMARTS) is 1. The Morgan fingerprint density at radius 2 is 2.20 bits per heavy atom. The van der Waals surface area contributed by atoms with Crippen LogP contribution in [0.2, 0.25) is 0 Å². The number of para-hydroxylation sites is 1. The number of rotatable bonds is 4. The molecule has 1 aromatic carbocycles. The summed E-state index contributed by atoms with van der Waals surface area (Å²) in [5, 5.41) is 11.9. The van der Waals surface area contributed by atoms with Crippen LogP contribution in [0, 0.1) is 6.92 Å². The van der Waals surface area contributed by atoms with E-state index >= 15 is 0 Å². The van der Waals surface area contributed by atoms with Gasteiger partial charge in [0.1, 0.15) is 6.04 Å². The lowest BCUT2D eigenvalue weighted by molar-refractivity contribution is -0.137. The van der Waals surface area contributed by atoms with Gasteiger partial charge in [0.15, 0.2) is 0 Å². The largest absolute Gasteiger partial charge is 0.480 e. The highest BCUT2D eigenvalue weighted by molar-refractivity contribution is 5.77. The van der Waals surface area contributed by atoms with Gasteiger partial charge < -0.3 is 10.4 Å². The molecule has 0 fully saturated rings. The summed E-state index contributed by atoms with van der Waals surface area (Å²) in [4.78, 5) is 10.8.